The molecule has 1 aliphatic carbocycles. The lowest BCUT2D eigenvalue weighted by Crippen LogP contribution is -2.22. The Bertz CT molecular complexity index is 384. The Morgan fingerprint density at radius 3 is 2.80 bits per heavy atom. The van der Waals surface area contributed by atoms with Crippen LogP contribution in [0.25, 0.3) is 0 Å². The highest BCUT2D eigenvalue weighted by atomic mass is 16.7. The van der Waals surface area contributed by atoms with Crippen molar-refractivity contribution in [3.63, 3.8) is 0 Å². The maximum Gasteiger partial charge on any atom is 0.231 e. The average Bonchev–Trinajstić information content (AvgIpc) is 2.88. The number of rotatable bonds is 3. The summed E-state index contributed by atoms with van der Waals surface area (Å²) >= 11 is 0. The van der Waals surface area contributed by atoms with E-state index in [-0.39, 0.29) is 19.0 Å². The first kappa shape index (κ1) is 8.85. The molecule has 1 heterocycles. The molecule has 0 bridgehead atoms. The van der Waals surface area contributed by atoms with Gasteiger partial charge in [-0.3, -0.25) is 0 Å². The molecule has 1 aromatic carbocycles. The van der Waals surface area contributed by atoms with Crippen molar-refractivity contribution in [2.75, 3.05) is 13.4 Å². The summed E-state index contributed by atoms with van der Waals surface area (Å²) in [4.78, 5) is 0. The van der Waals surface area contributed by atoms with Gasteiger partial charge in [0, 0.05) is 6.07 Å². The van der Waals surface area contributed by atoms with Gasteiger partial charge in [0.05, 0.1) is 6.61 Å². The molecule has 2 aliphatic rings. The first-order valence-electron chi connectivity index (χ1n) is 5.01. The number of hydrogen-bond acceptors (Lipinski definition) is 4. The molecule has 1 aliphatic heterocycles. The number of fused-ring (bicyclic) bond motifs is 1. The van der Waals surface area contributed by atoms with Crippen LogP contribution in [-0.4, -0.2) is 24.1 Å². The number of benzene rings is 1. The van der Waals surface area contributed by atoms with Gasteiger partial charge in [0.1, 0.15) is 11.4 Å². The molecule has 1 N–H and O–H groups in total. The van der Waals surface area contributed by atoms with Crippen LogP contribution in [-0.2, 0) is 0 Å². The van der Waals surface area contributed by atoms with Gasteiger partial charge in [-0.1, -0.05) is 0 Å². The molecule has 0 unspecified atom stereocenters. The van der Waals surface area contributed by atoms with E-state index in [1.807, 2.05) is 12.1 Å². The summed E-state index contributed by atoms with van der Waals surface area (Å²) in [5.74, 6) is 2.18. The van der Waals surface area contributed by atoms with Crippen molar-refractivity contribution in [2.24, 2.45) is 0 Å². The lowest BCUT2D eigenvalue weighted by Gasteiger charge is -2.15. The zero-order chi connectivity index (χ0) is 10.3. The fourth-order valence-corrected chi connectivity index (χ4v) is 1.62. The lowest BCUT2D eigenvalue weighted by atomic mass is 10.3. The summed E-state index contributed by atoms with van der Waals surface area (Å²) < 4.78 is 16.1. The van der Waals surface area contributed by atoms with E-state index >= 15 is 0 Å². The van der Waals surface area contributed by atoms with Crippen LogP contribution in [0.1, 0.15) is 12.8 Å². The van der Waals surface area contributed by atoms with Crippen molar-refractivity contribution >= 4 is 0 Å². The summed E-state index contributed by atoms with van der Waals surface area (Å²) in [7, 11) is 0. The van der Waals surface area contributed by atoms with Crippen molar-refractivity contribution in [2.45, 2.75) is 18.4 Å². The summed E-state index contributed by atoms with van der Waals surface area (Å²) in [6, 6.07) is 5.46. The smallest absolute Gasteiger partial charge is 0.231 e. The Kier molecular flexibility index (Phi) is 1.79. The highest BCUT2D eigenvalue weighted by molar-refractivity contribution is 5.47. The molecule has 1 saturated carbocycles. The van der Waals surface area contributed by atoms with Gasteiger partial charge in [-0.25, -0.2) is 0 Å². The van der Waals surface area contributed by atoms with Crippen LogP contribution in [0.2, 0.25) is 0 Å². The zero-order valence-electron chi connectivity index (χ0n) is 8.23. The lowest BCUT2D eigenvalue weighted by molar-refractivity contribution is 0.0951. The minimum atomic E-state index is -0.340. The van der Waals surface area contributed by atoms with Crippen LogP contribution in [0.5, 0.6) is 17.2 Å². The fourth-order valence-electron chi connectivity index (χ4n) is 1.62. The molecule has 1 aromatic rings. The second-order valence-electron chi connectivity index (χ2n) is 3.96. The van der Waals surface area contributed by atoms with Gasteiger partial charge < -0.3 is 19.3 Å². The average molecular weight is 208 g/mol. The Morgan fingerprint density at radius 1 is 1.27 bits per heavy atom. The van der Waals surface area contributed by atoms with Gasteiger partial charge in [-0.15, -0.1) is 0 Å². The molecule has 4 nitrogen and oxygen atoms in total. The molecule has 0 amide bonds. The molecule has 4 heteroatoms. The summed E-state index contributed by atoms with van der Waals surface area (Å²) in [6.07, 6.45) is 1.83. The normalized spacial score (nSPS) is 20.1. The quantitative estimate of drug-likeness (QED) is 0.813. The van der Waals surface area contributed by atoms with Crippen LogP contribution in [0.15, 0.2) is 18.2 Å². The van der Waals surface area contributed by atoms with Gasteiger partial charge in [-0.05, 0) is 25.0 Å². The summed E-state index contributed by atoms with van der Waals surface area (Å²) in [6.45, 7) is 0.339. The predicted molar refractivity (Wildman–Crippen MR) is 52.2 cm³/mol. The van der Waals surface area contributed by atoms with Crippen molar-refractivity contribution in [3.8, 4) is 17.2 Å². The largest absolute Gasteiger partial charge is 0.485 e. The third kappa shape index (κ3) is 1.51. The molecular formula is C11H12O4. The topological polar surface area (TPSA) is 47.9 Å². The number of hydrogen-bond donors (Lipinski definition) is 1. The minimum Gasteiger partial charge on any atom is -0.485 e. The molecule has 80 valence electrons. The summed E-state index contributed by atoms with van der Waals surface area (Å²) in [5.41, 5.74) is -0.340. The van der Waals surface area contributed by atoms with E-state index < -0.39 is 0 Å². The number of aliphatic hydroxyl groups excluding tert-OH is 1. The van der Waals surface area contributed by atoms with E-state index in [0.29, 0.717) is 5.75 Å². The van der Waals surface area contributed by atoms with Crippen LogP contribution in [0.4, 0.5) is 0 Å². The minimum absolute atomic E-state index is 0.0709. The predicted octanol–water partition coefficient (Wildman–Crippen LogP) is 1.32. The van der Waals surface area contributed by atoms with E-state index in [4.69, 9.17) is 19.3 Å². The third-order valence-corrected chi connectivity index (χ3v) is 2.77. The van der Waals surface area contributed by atoms with Crippen molar-refractivity contribution in [1.82, 2.24) is 0 Å². The Hall–Kier alpha value is -1.42. The maximum atomic E-state index is 9.13. The van der Waals surface area contributed by atoms with Gasteiger partial charge >= 0.3 is 0 Å². The van der Waals surface area contributed by atoms with Crippen LogP contribution in [0, 0.1) is 0 Å². The SMILES string of the molecule is OCC1(Oc2ccc3c(c2)OCO3)CC1. The van der Waals surface area contributed by atoms with Gasteiger partial charge in [0.15, 0.2) is 11.5 Å². The van der Waals surface area contributed by atoms with Crippen LogP contribution in [0.3, 0.4) is 0 Å². The maximum absolute atomic E-state index is 9.13. The number of ether oxygens (including phenoxy) is 3. The molecule has 0 spiro atoms. The monoisotopic (exact) mass is 208 g/mol. The molecular weight excluding hydrogens is 196 g/mol. The standard InChI is InChI=1S/C11H12O4/c12-6-11(3-4-11)15-8-1-2-9-10(5-8)14-7-13-9/h1-2,5,12H,3-4,6-7H2. The first-order chi connectivity index (χ1) is 7.31. The molecule has 0 atom stereocenters. The molecule has 0 aromatic heterocycles. The second kappa shape index (κ2) is 3.03. The molecule has 15 heavy (non-hydrogen) atoms. The highest BCUT2D eigenvalue weighted by Gasteiger charge is 2.45. The van der Waals surface area contributed by atoms with E-state index in [1.54, 1.807) is 6.07 Å². The zero-order valence-corrected chi connectivity index (χ0v) is 8.23. The number of aliphatic hydroxyl groups is 1. The second-order valence-corrected chi connectivity index (χ2v) is 3.96. The first-order valence-corrected chi connectivity index (χ1v) is 5.01. The third-order valence-electron chi connectivity index (χ3n) is 2.77. The Morgan fingerprint density at radius 2 is 2.07 bits per heavy atom. The van der Waals surface area contributed by atoms with Crippen LogP contribution < -0.4 is 14.2 Å². The molecule has 3 rings (SSSR count). The highest BCUT2D eigenvalue weighted by Crippen LogP contribution is 2.42. The van der Waals surface area contributed by atoms with E-state index in [1.165, 1.54) is 0 Å². The Labute approximate surface area is 87.4 Å². The van der Waals surface area contributed by atoms with Gasteiger partial charge in [0.25, 0.3) is 0 Å². The molecule has 0 saturated heterocycles. The van der Waals surface area contributed by atoms with Gasteiger partial charge in [0.2, 0.25) is 6.79 Å². The van der Waals surface area contributed by atoms with E-state index in [0.717, 1.165) is 24.3 Å². The van der Waals surface area contributed by atoms with Gasteiger partial charge in [-0.2, -0.15) is 0 Å². The van der Waals surface area contributed by atoms with E-state index in [2.05, 4.69) is 0 Å². The van der Waals surface area contributed by atoms with E-state index in [9.17, 15) is 0 Å². The van der Waals surface area contributed by atoms with Crippen LogP contribution >= 0.6 is 0 Å². The molecule has 0 radical (unpaired) electrons. The summed E-state index contributed by atoms with van der Waals surface area (Å²) in [5, 5.41) is 9.13. The van der Waals surface area contributed by atoms with Crippen molar-refractivity contribution < 1.29 is 19.3 Å². The fraction of sp³-hybridized carbons (Fsp3) is 0.455. The molecule has 1 fully saturated rings. The van der Waals surface area contributed by atoms with Crippen molar-refractivity contribution in [1.29, 1.82) is 0 Å². The Balaban J connectivity index is 1.81. The van der Waals surface area contributed by atoms with Crippen molar-refractivity contribution in [3.05, 3.63) is 18.2 Å².